The number of nitrogens with zero attached hydrogens (tertiary/aromatic N) is 2. The Bertz CT molecular complexity index is 590. The fraction of sp³-hybridized carbons (Fsp3) is 0.500. The first-order chi connectivity index (χ1) is 9.63. The number of rotatable bonds is 1. The van der Waals surface area contributed by atoms with E-state index in [0.717, 1.165) is 6.42 Å². The molecular weight excluding hydrogens is 244 g/mol. The zero-order chi connectivity index (χ0) is 14.3. The molecular formula is C18H22N2. The van der Waals surface area contributed by atoms with Crippen LogP contribution in [0.25, 0.3) is 0 Å². The highest BCUT2D eigenvalue weighted by atomic mass is 15.2. The van der Waals surface area contributed by atoms with Crippen molar-refractivity contribution in [3.05, 3.63) is 41.0 Å². The lowest BCUT2D eigenvalue weighted by molar-refractivity contribution is 0.558. The lowest BCUT2D eigenvalue weighted by Crippen LogP contribution is -2.28. The summed E-state index contributed by atoms with van der Waals surface area (Å²) in [6, 6.07) is 9.13. The Balaban J connectivity index is 2.16. The predicted octanol–water partition coefficient (Wildman–Crippen LogP) is 4.35. The van der Waals surface area contributed by atoms with Crippen LogP contribution < -0.4 is 4.90 Å². The second-order valence-corrected chi connectivity index (χ2v) is 6.35. The third-order valence-electron chi connectivity index (χ3n) is 4.76. The Morgan fingerprint density at radius 1 is 1.35 bits per heavy atom. The Morgan fingerprint density at radius 3 is 2.85 bits per heavy atom. The molecule has 0 spiro atoms. The number of hydrogen-bond acceptors (Lipinski definition) is 2. The van der Waals surface area contributed by atoms with Crippen LogP contribution in [0.3, 0.4) is 0 Å². The first-order valence-corrected chi connectivity index (χ1v) is 7.53. The van der Waals surface area contributed by atoms with Crippen molar-refractivity contribution < 1.29 is 0 Å². The maximum Gasteiger partial charge on any atom is 0.123 e. The molecule has 2 heteroatoms. The molecule has 0 amide bonds. The monoisotopic (exact) mass is 266 g/mol. The molecule has 1 aliphatic heterocycles. The summed E-state index contributed by atoms with van der Waals surface area (Å²) in [5.41, 5.74) is 5.56. The van der Waals surface area contributed by atoms with Crippen molar-refractivity contribution in [3.8, 4) is 6.07 Å². The molecule has 0 aromatic heterocycles. The van der Waals surface area contributed by atoms with Crippen molar-refractivity contribution >= 4 is 5.69 Å². The molecule has 1 aliphatic carbocycles. The number of hydrogen-bond donors (Lipinski definition) is 0. The number of nitriles is 1. The maximum atomic E-state index is 9.52. The van der Waals surface area contributed by atoms with Crippen LogP contribution in [0.4, 0.5) is 5.69 Å². The Hall–Kier alpha value is -1.75. The molecule has 2 aliphatic rings. The summed E-state index contributed by atoms with van der Waals surface area (Å²) >= 11 is 0. The third kappa shape index (κ3) is 1.93. The first-order valence-electron chi connectivity index (χ1n) is 7.53. The van der Waals surface area contributed by atoms with Gasteiger partial charge in [0.05, 0.1) is 6.07 Å². The van der Waals surface area contributed by atoms with Gasteiger partial charge in [0.25, 0.3) is 0 Å². The molecule has 0 N–H and O–H groups in total. The molecule has 20 heavy (non-hydrogen) atoms. The van der Waals surface area contributed by atoms with Crippen LogP contribution in [0.2, 0.25) is 0 Å². The average Bonchev–Trinajstić information content (AvgIpc) is 2.57. The smallest absolute Gasteiger partial charge is 0.123 e. The largest absolute Gasteiger partial charge is 0.358 e. The van der Waals surface area contributed by atoms with E-state index in [1.807, 2.05) is 0 Å². The summed E-state index contributed by atoms with van der Waals surface area (Å²) in [7, 11) is 2.06. The summed E-state index contributed by atoms with van der Waals surface area (Å²) in [6.07, 6.45) is 5.95. The van der Waals surface area contributed by atoms with Crippen LogP contribution in [0.1, 0.15) is 56.1 Å². The second kappa shape index (κ2) is 4.98. The van der Waals surface area contributed by atoms with E-state index in [-0.39, 0.29) is 6.04 Å². The molecule has 104 valence electrons. The molecule has 1 heterocycles. The van der Waals surface area contributed by atoms with Gasteiger partial charge >= 0.3 is 0 Å². The Kier molecular flexibility index (Phi) is 3.30. The first kappa shape index (κ1) is 13.2. The summed E-state index contributed by atoms with van der Waals surface area (Å²) in [6.45, 7) is 4.35. The second-order valence-electron chi connectivity index (χ2n) is 6.35. The summed E-state index contributed by atoms with van der Waals surface area (Å²) in [5.74, 6) is 0.914. The highest BCUT2D eigenvalue weighted by molar-refractivity contribution is 5.66. The van der Waals surface area contributed by atoms with E-state index in [4.69, 9.17) is 0 Å². The number of likely N-dealkylation sites (N-methyl/N-ethyl adjacent to an activating group) is 1. The molecule has 0 saturated carbocycles. The van der Waals surface area contributed by atoms with Crippen molar-refractivity contribution in [2.75, 3.05) is 11.9 Å². The van der Waals surface area contributed by atoms with Gasteiger partial charge < -0.3 is 4.90 Å². The molecule has 3 rings (SSSR count). The fourth-order valence-corrected chi connectivity index (χ4v) is 3.95. The van der Waals surface area contributed by atoms with E-state index in [1.165, 1.54) is 35.2 Å². The van der Waals surface area contributed by atoms with Gasteiger partial charge in [-0.2, -0.15) is 5.26 Å². The van der Waals surface area contributed by atoms with Crippen LogP contribution in [0, 0.1) is 11.3 Å². The van der Waals surface area contributed by atoms with E-state index in [9.17, 15) is 5.26 Å². The number of anilines is 1. The van der Waals surface area contributed by atoms with Gasteiger partial charge in [0.15, 0.2) is 0 Å². The SMILES string of the molecule is CC(C)=C[C@H]1CCCC2c3c1cccc3N(C)[C@@H]2C#N. The molecule has 0 fully saturated rings. The Morgan fingerprint density at radius 2 is 2.15 bits per heavy atom. The summed E-state index contributed by atoms with van der Waals surface area (Å²) in [4.78, 5) is 2.17. The van der Waals surface area contributed by atoms with Crippen molar-refractivity contribution in [1.29, 1.82) is 5.26 Å². The van der Waals surface area contributed by atoms with Crippen molar-refractivity contribution in [2.45, 2.75) is 51.0 Å². The average molecular weight is 266 g/mol. The van der Waals surface area contributed by atoms with Gasteiger partial charge in [0.1, 0.15) is 6.04 Å². The third-order valence-corrected chi connectivity index (χ3v) is 4.76. The van der Waals surface area contributed by atoms with E-state index in [1.54, 1.807) is 0 Å². The molecule has 2 nitrogen and oxygen atoms in total. The molecule has 1 aromatic rings. The fourth-order valence-electron chi connectivity index (χ4n) is 3.95. The van der Waals surface area contributed by atoms with E-state index < -0.39 is 0 Å². The van der Waals surface area contributed by atoms with Crippen molar-refractivity contribution in [3.63, 3.8) is 0 Å². The number of allylic oxidation sites excluding steroid dienone is 2. The van der Waals surface area contributed by atoms with Gasteiger partial charge in [0, 0.05) is 24.6 Å². The molecule has 0 radical (unpaired) electrons. The minimum absolute atomic E-state index is 0.0107. The minimum atomic E-state index is 0.0107. The van der Waals surface area contributed by atoms with Crippen LogP contribution in [-0.2, 0) is 0 Å². The lowest BCUT2D eigenvalue weighted by Gasteiger charge is -2.20. The van der Waals surface area contributed by atoms with E-state index in [0.29, 0.717) is 11.8 Å². The van der Waals surface area contributed by atoms with Crippen LogP contribution >= 0.6 is 0 Å². The van der Waals surface area contributed by atoms with Crippen molar-refractivity contribution in [2.24, 2.45) is 0 Å². The zero-order valence-corrected chi connectivity index (χ0v) is 12.6. The standard InChI is InChI=1S/C18H22N2/c1-12(2)10-13-6-4-8-15-17(11-19)20(3)16-9-5-7-14(13)18(15)16/h5,7,9-10,13,15,17H,4,6,8H2,1-3H3/t13-,15?,17-/m1/s1. The quantitative estimate of drug-likeness (QED) is 0.707. The topological polar surface area (TPSA) is 27.0 Å². The van der Waals surface area contributed by atoms with Crippen LogP contribution in [-0.4, -0.2) is 13.1 Å². The molecule has 1 unspecified atom stereocenters. The zero-order valence-electron chi connectivity index (χ0n) is 12.6. The van der Waals surface area contributed by atoms with Crippen LogP contribution in [0.5, 0.6) is 0 Å². The molecule has 0 saturated heterocycles. The highest BCUT2D eigenvalue weighted by Crippen LogP contribution is 2.49. The van der Waals surface area contributed by atoms with Gasteiger partial charge in [-0.15, -0.1) is 0 Å². The molecule has 0 bridgehead atoms. The molecule has 3 atom stereocenters. The summed E-state index contributed by atoms with van der Waals surface area (Å²) < 4.78 is 0. The van der Waals surface area contributed by atoms with Gasteiger partial charge in [-0.3, -0.25) is 0 Å². The van der Waals surface area contributed by atoms with Crippen LogP contribution in [0.15, 0.2) is 29.8 Å². The highest BCUT2D eigenvalue weighted by Gasteiger charge is 2.40. The maximum absolute atomic E-state index is 9.52. The summed E-state index contributed by atoms with van der Waals surface area (Å²) in [5, 5.41) is 9.52. The predicted molar refractivity (Wildman–Crippen MR) is 83.0 cm³/mol. The van der Waals surface area contributed by atoms with E-state index >= 15 is 0 Å². The van der Waals surface area contributed by atoms with E-state index in [2.05, 4.69) is 56.1 Å². The van der Waals surface area contributed by atoms with Gasteiger partial charge in [-0.1, -0.05) is 30.2 Å². The minimum Gasteiger partial charge on any atom is -0.358 e. The van der Waals surface area contributed by atoms with Crippen molar-refractivity contribution in [1.82, 2.24) is 0 Å². The molecule has 1 aromatic carbocycles. The lowest BCUT2D eigenvalue weighted by atomic mass is 9.87. The van der Waals surface area contributed by atoms with Gasteiger partial charge in [0.2, 0.25) is 0 Å². The van der Waals surface area contributed by atoms with Gasteiger partial charge in [-0.25, -0.2) is 0 Å². The Labute approximate surface area is 121 Å². The number of benzene rings is 1. The van der Waals surface area contributed by atoms with Gasteiger partial charge in [-0.05, 0) is 43.9 Å². The normalized spacial score (nSPS) is 27.5.